The molecule has 8 heteroatoms. The van der Waals surface area contributed by atoms with Gasteiger partial charge in [-0.1, -0.05) is 62.7 Å². The van der Waals surface area contributed by atoms with Crippen LogP contribution in [0.15, 0.2) is 48.5 Å². The van der Waals surface area contributed by atoms with Gasteiger partial charge in [0.15, 0.2) is 5.82 Å². The number of carbonyl (C=O) groups excluding carboxylic acids is 1. The highest BCUT2D eigenvalue weighted by Crippen LogP contribution is 2.43. The number of nitrogens with zero attached hydrogens (tertiary/aromatic N) is 3. The minimum Gasteiger partial charge on any atom is -0.380 e. The number of aliphatic hydroxyl groups is 1. The normalized spacial score (nSPS) is 14.8. The molecule has 0 aliphatic rings. The standard InChI is InChI=1S/C23H26ClFN4O2/c1-22(2,3)18(23(4,31)21(26)30)20-27-19(16-12-15(25)10-11-17(16)24)28-29(20)13-14-8-6-5-7-9-14/h5-12,18,31H,13H2,1-4H3,(H2,26,30)/t18-,23?/m0/s1. The quantitative estimate of drug-likeness (QED) is 0.597. The highest BCUT2D eigenvalue weighted by molar-refractivity contribution is 6.33. The van der Waals surface area contributed by atoms with E-state index in [4.69, 9.17) is 17.3 Å². The number of amides is 1. The lowest BCUT2D eigenvalue weighted by atomic mass is 9.70. The molecule has 0 radical (unpaired) electrons. The number of hydrogen-bond acceptors (Lipinski definition) is 4. The fourth-order valence-electron chi connectivity index (χ4n) is 3.85. The third-order valence-electron chi connectivity index (χ3n) is 5.23. The number of carbonyl (C=O) groups is 1. The summed E-state index contributed by atoms with van der Waals surface area (Å²) in [5.41, 5.74) is 4.31. The molecule has 3 aromatic rings. The van der Waals surface area contributed by atoms with Crippen LogP contribution in [0.5, 0.6) is 0 Å². The van der Waals surface area contributed by atoms with Gasteiger partial charge in [-0.2, -0.15) is 5.10 Å². The Hall–Kier alpha value is -2.77. The molecule has 0 bridgehead atoms. The lowest BCUT2D eigenvalue weighted by Crippen LogP contribution is -2.51. The molecule has 0 saturated heterocycles. The lowest BCUT2D eigenvalue weighted by Gasteiger charge is -2.38. The molecule has 3 N–H and O–H groups in total. The highest BCUT2D eigenvalue weighted by Gasteiger charge is 2.48. The number of primary amides is 1. The second kappa shape index (κ2) is 8.40. The second-order valence-corrected chi connectivity index (χ2v) is 9.28. The Bertz CT molecular complexity index is 1090. The van der Waals surface area contributed by atoms with Crippen molar-refractivity contribution >= 4 is 17.5 Å². The zero-order valence-electron chi connectivity index (χ0n) is 17.9. The average Bonchev–Trinajstić information content (AvgIpc) is 3.05. The molecule has 0 fully saturated rings. The SMILES string of the molecule is CC(C)(C)[C@H](c1nc(-c2cc(F)ccc2Cl)nn1Cc1ccccc1)C(C)(O)C(N)=O. The lowest BCUT2D eigenvalue weighted by molar-refractivity contribution is -0.140. The number of halogens is 2. The van der Waals surface area contributed by atoms with E-state index in [1.54, 1.807) is 4.68 Å². The van der Waals surface area contributed by atoms with E-state index in [9.17, 15) is 14.3 Å². The van der Waals surface area contributed by atoms with Crippen molar-refractivity contribution in [1.29, 1.82) is 0 Å². The van der Waals surface area contributed by atoms with Crippen molar-refractivity contribution in [3.05, 3.63) is 70.8 Å². The smallest absolute Gasteiger partial charge is 0.249 e. The zero-order valence-corrected chi connectivity index (χ0v) is 18.7. The van der Waals surface area contributed by atoms with Gasteiger partial charge in [0.2, 0.25) is 5.91 Å². The van der Waals surface area contributed by atoms with Crippen LogP contribution in [-0.4, -0.2) is 31.4 Å². The van der Waals surface area contributed by atoms with Crippen LogP contribution in [0.25, 0.3) is 11.4 Å². The molecular formula is C23H26ClFN4O2. The highest BCUT2D eigenvalue weighted by atomic mass is 35.5. The maximum atomic E-state index is 13.9. The van der Waals surface area contributed by atoms with Gasteiger partial charge in [0.1, 0.15) is 17.2 Å². The van der Waals surface area contributed by atoms with Crippen LogP contribution in [0.2, 0.25) is 5.02 Å². The molecule has 31 heavy (non-hydrogen) atoms. The second-order valence-electron chi connectivity index (χ2n) is 8.87. The van der Waals surface area contributed by atoms with Gasteiger partial charge in [0, 0.05) is 5.56 Å². The van der Waals surface area contributed by atoms with E-state index in [2.05, 4.69) is 10.1 Å². The van der Waals surface area contributed by atoms with Gasteiger partial charge >= 0.3 is 0 Å². The van der Waals surface area contributed by atoms with Gasteiger partial charge in [-0.3, -0.25) is 4.79 Å². The predicted octanol–water partition coefficient (Wildman–Crippen LogP) is 4.15. The van der Waals surface area contributed by atoms with Gasteiger partial charge in [-0.05, 0) is 36.1 Å². The topological polar surface area (TPSA) is 94.0 Å². The molecule has 1 heterocycles. The molecular weight excluding hydrogens is 419 g/mol. The van der Waals surface area contributed by atoms with Gasteiger partial charge in [0.05, 0.1) is 17.5 Å². The summed E-state index contributed by atoms with van der Waals surface area (Å²) < 4.78 is 15.5. The van der Waals surface area contributed by atoms with E-state index in [0.717, 1.165) is 5.56 Å². The monoisotopic (exact) mass is 444 g/mol. The first-order valence-corrected chi connectivity index (χ1v) is 10.3. The molecule has 0 saturated carbocycles. The van der Waals surface area contributed by atoms with Crippen LogP contribution >= 0.6 is 11.6 Å². The number of aromatic nitrogens is 3. The summed E-state index contributed by atoms with van der Waals surface area (Å²) in [6.07, 6.45) is 0. The molecule has 1 unspecified atom stereocenters. The van der Waals surface area contributed by atoms with Crippen LogP contribution in [0.4, 0.5) is 4.39 Å². The van der Waals surface area contributed by atoms with Crippen molar-refractivity contribution in [2.45, 2.75) is 45.8 Å². The first kappa shape index (κ1) is 22.9. The predicted molar refractivity (Wildman–Crippen MR) is 118 cm³/mol. The Balaban J connectivity index is 2.24. The van der Waals surface area contributed by atoms with Crippen LogP contribution in [0.3, 0.4) is 0 Å². The number of benzene rings is 2. The van der Waals surface area contributed by atoms with E-state index in [-0.39, 0.29) is 5.82 Å². The molecule has 0 aliphatic carbocycles. The van der Waals surface area contributed by atoms with E-state index in [0.29, 0.717) is 23.0 Å². The fourth-order valence-corrected chi connectivity index (χ4v) is 4.05. The maximum absolute atomic E-state index is 13.9. The zero-order chi connectivity index (χ0) is 23.0. The molecule has 3 rings (SSSR count). The number of nitrogens with two attached hydrogens (primary N) is 1. The molecule has 0 aliphatic heterocycles. The largest absolute Gasteiger partial charge is 0.380 e. The summed E-state index contributed by atoms with van der Waals surface area (Å²) in [4.78, 5) is 16.8. The Morgan fingerprint density at radius 1 is 1.19 bits per heavy atom. The van der Waals surface area contributed by atoms with Crippen molar-refractivity contribution in [1.82, 2.24) is 14.8 Å². The van der Waals surface area contributed by atoms with E-state index >= 15 is 0 Å². The molecule has 1 amide bonds. The summed E-state index contributed by atoms with van der Waals surface area (Å²) in [5.74, 6) is -1.58. The van der Waals surface area contributed by atoms with Gasteiger partial charge < -0.3 is 10.8 Å². The average molecular weight is 445 g/mol. The van der Waals surface area contributed by atoms with Gasteiger partial charge in [0.25, 0.3) is 0 Å². The molecule has 2 atom stereocenters. The van der Waals surface area contributed by atoms with E-state index in [1.807, 2.05) is 51.1 Å². The van der Waals surface area contributed by atoms with Crippen molar-refractivity contribution < 1.29 is 14.3 Å². The molecule has 0 spiro atoms. The van der Waals surface area contributed by atoms with Crippen molar-refractivity contribution in [3.63, 3.8) is 0 Å². The first-order chi connectivity index (χ1) is 14.4. The summed E-state index contributed by atoms with van der Waals surface area (Å²) in [7, 11) is 0. The van der Waals surface area contributed by atoms with Crippen LogP contribution in [0, 0.1) is 11.2 Å². The van der Waals surface area contributed by atoms with Crippen molar-refractivity contribution in [3.8, 4) is 11.4 Å². The number of hydrogen-bond donors (Lipinski definition) is 2. The minimum atomic E-state index is -1.90. The first-order valence-electron chi connectivity index (χ1n) is 9.87. The summed E-state index contributed by atoms with van der Waals surface area (Å²) in [5, 5.41) is 15.9. The third-order valence-corrected chi connectivity index (χ3v) is 5.56. The Morgan fingerprint density at radius 2 is 1.84 bits per heavy atom. The third kappa shape index (κ3) is 4.78. The van der Waals surface area contributed by atoms with Crippen molar-refractivity contribution in [2.24, 2.45) is 11.1 Å². The van der Waals surface area contributed by atoms with Gasteiger partial charge in [-0.15, -0.1) is 0 Å². The fraction of sp³-hybridized carbons (Fsp3) is 0.348. The minimum absolute atomic E-state index is 0.199. The van der Waals surface area contributed by atoms with Crippen LogP contribution < -0.4 is 5.73 Å². The Kier molecular flexibility index (Phi) is 6.21. The maximum Gasteiger partial charge on any atom is 0.249 e. The van der Waals surface area contributed by atoms with Crippen LogP contribution in [-0.2, 0) is 11.3 Å². The Morgan fingerprint density at radius 3 is 2.42 bits per heavy atom. The molecule has 2 aromatic carbocycles. The number of rotatable bonds is 6. The molecule has 6 nitrogen and oxygen atoms in total. The van der Waals surface area contributed by atoms with Crippen LogP contribution in [0.1, 0.15) is 45.0 Å². The Labute approximate surface area is 185 Å². The summed E-state index contributed by atoms with van der Waals surface area (Å²) in [6, 6.07) is 13.5. The molecule has 164 valence electrons. The summed E-state index contributed by atoms with van der Waals surface area (Å²) >= 11 is 6.28. The van der Waals surface area contributed by atoms with E-state index < -0.39 is 28.7 Å². The van der Waals surface area contributed by atoms with Crippen molar-refractivity contribution in [2.75, 3.05) is 0 Å². The molecule has 1 aromatic heterocycles. The van der Waals surface area contributed by atoms with E-state index in [1.165, 1.54) is 25.1 Å². The van der Waals surface area contributed by atoms with Gasteiger partial charge in [-0.25, -0.2) is 14.1 Å². The summed E-state index contributed by atoms with van der Waals surface area (Å²) in [6.45, 7) is 7.35.